The highest BCUT2D eigenvalue weighted by atomic mass is 127. The molecule has 0 saturated heterocycles. The van der Waals surface area contributed by atoms with Crippen LogP contribution in [-0.4, -0.2) is 11.2 Å². The third kappa shape index (κ3) is 1.97. The normalized spacial score (nSPS) is 9.57. The van der Waals surface area contributed by atoms with Crippen LogP contribution in [0.5, 0.6) is 5.75 Å². The first-order valence-electron chi connectivity index (χ1n) is 3.32. The first-order valence-corrected chi connectivity index (χ1v) is 4.20. The van der Waals surface area contributed by atoms with Gasteiger partial charge < -0.3 is 3.07 Å². The van der Waals surface area contributed by atoms with Crippen molar-refractivity contribution in [3.05, 3.63) is 33.6 Å². The van der Waals surface area contributed by atoms with E-state index in [-0.39, 0.29) is 11.3 Å². The Kier molecular flexibility index (Phi) is 3.33. The molecule has 0 aliphatic carbocycles. The Morgan fingerprint density at radius 2 is 2.21 bits per heavy atom. The maximum absolute atomic E-state index is 13.1. The van der Waals surface area contributed by atoms with E-state index < -0.39 is 16.4 Å². The minimum absolute atomic E-state index is 0.189. The molecule has 0 N–H and O–H groups in total. The molecule has 1 aromatic rings. The molecule has 1 rings (SSSR count). The number of carbonyl (C=O) groups excluding carboxylic acids is 1. The van der Waals surface area contributed by atoms with Crippen molar-refractivity contribution in [2.45, 2.75) is 0 Å². The standard InChI is InChI=1S/C7H3FINO4/c8-6-2-5(10(12)13)1-4(3-11)7(6)14-9/h1-3H. The molecular formula is C7H3FINO4. The molecule has 0 unspecified atom stereocenters. The minimum Gasteiger partial charge on any atom is -0.424 e. The van der Waals surface area contributed by atoms with Gasteiger partial charge in [0.15, 0.2) is 40.9 Å². The summed E-state index contributed by atoms with van der Waals surface area (Å²) in [4.78, 5) is 20.0. The van der Waals surface area contributed by atoms with E-state index in [9.17, 15) is 19.3 Å². The number of halogens is 2. The van der Waals surface area contributed by atoms with Crippen LogP contribution < -0.4 is 3.07 Å². The van der Waals surface area contributed by atoms with Crippen molar-refractivity contribution in [1.82, 2.24) is 0 Å². The third-order valence-electron chi connectivity index (χ3n) is 1.47. The lowest BCUT2D eigenvalue weighted by Gasteiger charge is -2.01. The summed E-state index contributed by atoms with van der Waals surface area (Å²) < 4.78 is 17.6. The molecule has 0 aliphatic heterocycles. The van der Waals surface area contributed by atoms with E-state index >= 15 is 0 Å². The van der Waals surface area contributed by atoms with Gasteiger partial charge in [-0.05, 0) is 0 Å². The molecule has 0 atom stereocenters. The predicted octanol–water partition coefficient (Wildman–Crippen LogP) is 2.28. The van der Waals surface area contributed by atoms with Gasteiger partial charge >= 0.3 is 0 Å². The van der Waals surface area contributed by atoms with E-state index in [2.05, 4.69) is 3.07 Å². The molecule has 0 spiro atoms. The monoisotopic (exact) mass is 311 g/mol. The first kappa shape index (κ1) is 10.8. The molecule has 0 heterocycles. The number of rotatable bonds is 3. The summed E-state index contributed by atoms with van der Waals surface area (Å²) in [6.45, 7) is 0. The van der Waals surface area contributed by atoms with Gasteiger partial charge in [0.2, 0.25) is 0 Å². The highest BCUT2D eigenvalue weighted by Gasteiger charge is 2.17. The summed E-state index contributed by atoms with van der Waals surface area (Å²) in [6.07, 6.45) is 0.296. The molecule has 1 aromatic carbocycles. The number of nitrogens with zero attached hydrogens (tertiary/aromatic N) is 1. The number of carbonyl (C=O) groups is 1. The molecular weight excluding hydrogens is 308 g/mol. The fourth-order valence-electron chi connectivity index (χ4n) is 0.874. The summed E-state index contributed by atoms with van der Waals surface area (Å²) in [5, 5.41) is 10.3. The zero-order valence-electron chi connectivity index (χ0n) is 6.57. The van der Waals surface area contributed by atoms with Gasteiger partial charge in [-0.3, -0.25) is 14.9 Å². The number of benzene rings is 1. The first-order chi connectivity index (χ1) is 6.60. The maximum Gasteiger partial charge on any atom is 0.273 e. The van der Waals surface area contributed by atoms with Crippen LogP contribution in [0.4, 0.5) is 10.1 Å². The Morgan fingerprint density at radius 3 is 2.64 bits per heavy atom. The highest BCUT2D eigenvalue weighted by molar-refractivity contribution is 14.1. The smallest absolute Gasteiger partial charge is 0.273 e. The fraction of sp³-hybridized carbons (Fsp3) is 0. The number of aldehydes is 1. The van der Waals surface area contributed by atoms with Gasteiger partial charge in [0, 0.05) is 6.07 Å². The molecule has 0 amide bonds. The lowest BCUT2D eigenvalue weighted by Crippen LogP contribution is -1.95. The summed E-state index contributed by atoms with van der Waals surface area (Å²) in [7, 11) is 0. The van der Waals surface area contributed by atoms with Gasteiger partial charge in [0.1, 0.15) is 0 Å². The second kappa shape index (κ2) is 4.31. The second-order valence-electron chi connectivity index (χ2n) is 2.30. The summed E-state index contributed by atoms with van der Waals surface area (Å²) in [6, 6.07) is 1.64. The van der Waals surface area contributed by atoms with Crippen molar-refractivity contribution in [3.8, 4) is 5.75 Å². The van der Waals surface area contributed by atoms with E-state index in [0.717, 1.165) is 6.07 Å². The summed E-state index contributed by atoms with van der Waals surface area (Å²) in [5.41, 5.74) is -0.673. The average molecular weight is 311 g/mol. The molecule has 7 heteroatoms. The van der Waals surface area contributed by atoms with Gasteiger partial charge in [-0.15, -0.1) is 0 Å². The molecule has 0 radical (unpaired) electrons. The van der Waals surface area contributed by atoms with E-state index in [1.165, 1.54) is 23.0 Å². The van der Waals surface area contributed by atoms with Crippen molar-refractivity contribution in [1.29, 1.82) is 0 Å². The molecule has 0 bridgehead atoms. The van der Waals surface area contributed by atoms with Crippen LogP contribution >= 0.6 is 23.0 Å². The lowest BCUT2D eigenvalue weighted by molar-refractivity contribution is -0.385. The van der Waals surface area contributed by atoms with Crippen LogP contribution in [0.3, 0.4) is 0 Å². The van der Waals surface area contributed by atoms with Gasteiger partial charge in [0.05, 0.1) is 16.6 Å². The molecule has 14 heavy (non-hydrogen) atoms. The van der Waals surface area contributed by atoms with Crippen molar-refractivity contribution in [3.63, 3.8) is 0 Å². The number of nitro groups is 1. The number of non-ortho nitro benzene ring substituents is 1. The van der Waals surface area contributed by atoms with Gasteiger partial charge in [-0.25, -0.2) is 4.39 Å². The Hall–Kier alpha value is -1.25. The predicted molar refractivity (Wildman–Crippen MR) is 53.1 cm³/mol. The molecule has 0 aromatic heterocycles. The zero-order valence-corrected chi connectivity index (χ0v) is 8.73. The van der Waals surface area contributed by atoms with Crippen LogP contribution in [-0.2, 0) is 0 Å². The molecule has 0 fully saturated rings. The molecule has 5 nitrogen and oxygen atoms in total. The molecule has 0 aliphatic rings. The van der Waals surface area contributed by atoms with Crippen LogP contribution in [0.2, 0.25) is 0 Å². The molecule has 0 saturated carbocycles. The number of hydrogen-bond acceptors (Lipinski definition) is 4. The van der Waals surface area contributed by atoms with Crippen LogP contribution in [0.15, 0.2) is 12.1 Å². The summed E-state index contributed by atoms with van der Waals surface area (Å²) in [5.74, 6) is -1.23. The van der Waals surface area contributed by atoms with Crippen LogP contribution in [0, 0.1) is 15.9 Å². The van der Waals surface area contributed by atoms with Crippen molar-refractivity contribution >= 4 is 35.0 Å². The Balaban J connectivity index is 3.38. The van der Waals surface area contributed by atoms with Crippen molar-refractivity contribution < 1.29 is 17.2 Å². The maximum atomic E-state index is 13.1. The minimum atomic E-state index is -0.935. The van der Waals surface area contributed by atoms with Crippen molar-refractivity contribution in [2.75, 3.05) is 0 Å². The lowest BCUT2D eigenvalue weighted by atomic mass is 10.2. The Labute approximate surface area is 91.7 Å². The second-order valence-corrected chi connectivity index (χ2v) is 2.74. The van der Waals surface area contributed by atoms with Gasteiger partial charge in [-0.1, -0.05) is 0 Å². The quantitative estimate of drug-likeness (QED) is 0.372. The Bertz CT molecular complexity index is 396. The van der Waals surface area contributed by atoms with E-state index in [1.807, 2.05) is 0 Å². The number of hydrogen-bond donors (Lipinski definition) is 0. The van der Waals surface area contributed by atoms with Crippen molar-refractivity contribution in [2.24, 2.45) is 0 Å². The average Bonchev–Trinajstić information content (AvgIpc) is 2.16. The molecule has 74 valence electrons. The van der Waals surface area contributed by atoms with Crippen LogP contribution in [0.25, 0.3) is 0 Å². The topological polar surface area (TPSA) is 69.4 Å². The van der Waals surface area contributed by atoms with Gasteiger partial charge in [-0.2, -0.15) is 0 Å². The van der Waals surface area contributed by atoms with E-state index in [1.54, 1.807) is 0 Å². The van der Waals surface area contributed by atoms with Gasteiger partial charge in [0.25, 0.3) is 5.69 Å². The summed E-state index contributed by atoms with van der Waals surface area (Å²) >= 11 is 1.39. The SMILES string of the molecule is O=Cc1cc([N+](=O)[O-])cc(F)c1OI. The highest BCUT2D eigenvalue weighted by Crippen LogP contribution is 2.28. The number of nitro benzene ring substituents is 1. The largest absolute Gasteiger partial charge is 0.424 e. The Morgan fingerprint density at radius 1 is 1.57 bits per heavy atom. The zero-order chi connectivity index (χ0) is 10.7. The fourth-order valence-corrected chi connectivity index (χ4v) is 1.34. The van der Waals surface area contributed by atoms with Crippen LogP contribution in [0.1, 0.15) is 10.4 Å². The third-order valence-corrected chi connectivity index (χ3v) is 1.91. The van der Waals surface area contributed by atoms with E-state index in [4.69, 9.17) is 0 Å². The van der Waals surface area contributed by atoms with E-state index in [0.29, 0.717) is 12.4 Å².